The molecule has 1 aliphatic rings. The van der Waals surface area contributed by atoms with Crippen LogP contribution in [-0.2, 0) is 14.3 Å². The molecule has 0 aromatic heterocycles. The van der Waals surface area contributed by atoms with Gasteiger partial charge in [0, 0.05) is 0 Å². The van der Waals surface area contributed by atoms with Gasteiger partial charge in [-0.1, -0.05) is 13.8 Å². The first-order valence-electron chi connectivity index (χ1n) is 4.26. The van der Waals surface area contributed by atoms with Crippen LogP contribution in [0, 0.1) is 11.8 Å². The van der Waals surface area contributed by atoms with E-state index in [0.29, 0.717) is 11.8 Å². The Hall–Kier alpha value is -0.0900. The van der Waals surface area contributed by atoms with Gasteiger partial charge in [-0.3, -0.25) is 4.18 Å². The maximum Gasteiger partial charge on any atom is 0.264 e. The molecule has 3 nitrogen and oxygen atoms in total. The molecule has 1 aliphatic carbocycles. The molecule has 0 aliphatic heterocycles. The maximum atomic E-state index is 10.8. The van der Waals surface area contributed by atoms with Gasteiger partial charge in [-0.2, -0.15) is 8.42 Å². The molecule has 0 N–H and O–H groups in total. The minimum absolute atomic E-state index is 0.0787. The van der Waals surface area contributed by atoms with Gasteiger partial charge in [0.15, 0.2) is 0 Å². The van der Waals surface area contributed by atoms with Gasteiger partial charge in [0.05, 0.1) is 12.4 Å². The summed E-state index contributed by atoms with van der Waals surface area (Å²) in [6.45, 7) is 4.27. The second-order valence-electron chi connectivity index (χ2n) is 3.85. The van der Waals surface area contributed by atoms with Crippen molar-refractivity contribution in [2.45, 2.75) is 32.8 Å². The van der Waals surface area contributed by atoms with Crippen LogP contribution < -0.4 is 0 Å². The number of hydrogen-bond donors (Lipinski definition) is 0. The van der Waals surface area contributed by atoms with Crippen molar-refractivity contribution in [2.75, 3.05) is 6.26 Å². The smallest absolute Gasteiger partial charge is 0.264 e. The SMILES string of the molecule is C[C@@H]1CC(OS(C)(=O)=O)C[C@@H]1C. The highest BCUT2D eigenvalue weighted by atomic mass is 32.2. The molecule has 0 amide bonds. The van der Waals surface area contributed by atoms with Crippen molar-refractivity contribution < 1.29 is 12.6 Å². The van der Waals surface area contributed by atoms with Crippen LogP contribution in [0.5, 0.6) is 0 Å². The van der Waals surface area contributed by atoms with Crippen molar-refractivity contribution in [1.29, 1.82) is 0 Å². The summed E-state index contributed by atoms with van der Waals surface area (Å²) in [5.74, 6) is 1.16. The van der Waals surface area contributed by atoms with E-state index in [1.165, 1.54) is 0 Å². The molecule has 4 heteroatoms. The lowest BCUT2D eigenvalue weighted by atomic mass is 10.0. The zero-order valence-electron chi connectivity index (χ0n) is 7.78. The Morgan fingerprint density at radius 1 is 1.17 bits per heavy atom. The van der Waals surface area contributed by atoms with E-state index in [0.717, 1.165) is 19.1 Å². The van der Waals surface area contributed by atoms with Crippen molar-refractivity contribution in [2.24, 2.45) is 11.8 Å². The van der Waals surface area contributed by atoms with E-state index in [2.05, 4.69) is 13.8 Å². The Kier molecular flexibility index (Phi) is 2.78. The first kappa shape index (κ1) is 9.99. The summed E-state index contributed by atoms with van der Waals surface area (Å²) < 4.78 is 26.5. The minimum Gasteiger partial charge on any atom is -0.267 e. The van der Waals surface area contributed by atoms with Crippen molar-refractivity contribution >= 4 is 10.1 Å². The molecule has 0 aromatic carbocycles. The summed E-state index contributed by atoms with van der Waals surface area (Å²) in [6.07, 6.45) is 2.77. The van der Waals surface area contributed by atoms with E-state index in [9.17, 15) is 8.42 Å². The van der Waals surface area contributed by atoms with E-state index < -0.39 is 10.1 Å². The lowest BCUT2D eigenvalue weighted by molar-refractivity contribution is 0.213. The van der Waals surface area contributed by atoms with Gasteiger partial charge in [0.2, 0.25) is 0 Å². The highest BCUT2D eigenvalue weighted by Crippen LogP contribution is 2.33. The Bertz CT molecular complexity index is 235. The van der Waals surface area contributed by atoms with Crippen molar-refractivity contribution in [1.82, 2.24) is 0 Å². The van der Waals surface area contributed by atoms with Crippen LogP contribution in [0.4, 0.5) is 0 Å². The van der Waals surface area contributed by atoms with Gasteiger partial charge in [0.25, 0.3) is 10.1 Å². The molecule has 1 saturated carbocycles. The van der Waals surface area contributed by atoms with E-state index in [4.69, 9.17) is 4.18 Å². The molecular formula is C8H16O3S. The Morgan fingerprint density at radius 3 is 1.92 bits per heavy atom. The van der Waals surface area contributed by atoms with Crippen LogP contribution in [0.1, 0.15) is 26.7 Å². The third kappa shape index (κ3) is 2.75. The van der Waals surface area contributed by atoms with Crippen LogP contribution in [0.15, 0.2) is 0 Å². The summed E-state index contributed by atoms with van der Waals surface area (Å²) >= 11 is 0. The van der Waals surface area contributed by atoms with Crippen LogP contribution in [0.25, 0.3) is 0 Å². The summed E-state index contributed by atoms with van der Waals surface area (Å²) in [5, 5.41) is 0. The second-order valence-corrected chi connectivity index (χ2v) is 5.45. The number of rotatable bonds is 2. The van der Waals surface area contributed by atoms with Gasteiger partial charge in [-0.05, 0) is 24.7 Å². The quantitative estimate of drug-likeness (QED) is 0.621. The van der Waals surface area contributed by atoms with E-state index in [1.807, 2.05) is 0 Å². The van der Waals surface area contributed by atoms with Crippen LogP contribution in [-0.4, -0.2) is 20.8 Å². The molecule has 0 radical (unpaired) electrons. The zero-order chi connectivity index (χ0) is 9.35. The Balaban J connectivity index is 2.48. The predicted octanol–water partition coefficient (Wildman–Crippen LogP) is 1.40. The summed E-state index contributed by atoms with van der Waals surface area (Å²) in [6, 6.07) is 0. The normalized spacial score (nSPS) is 37.1. The first-order chi connectivity index (χ1) is 5.38. The highest BCUT2D eigenvalue weighted by molar-refractivity contribution is 7.86. The lowest BCUT2D eigenvalue weighted by Crippen LogP contribution is -2.14. The molecule has 0 aromatic rings. The molecule has 1 rings (SSSR count). The van der Waals surface area contributed by atoms with Crippen molar-refractivity contribution in [3.05, 3.63) is 0 Å². The fourth-order valence-electron chi connectivity index (χ4n) is 1.72. The average molecular weight is 192 g/mol. The lowest BCUT2D eigenvalue weighted by Gasteiger charge is -2.07. The fourth-order valence-corrected chi connectivity index (χ4v) is 2.37. The molecule has 0 bridgehead atoms. The molecule has 1 unspecified atom stereocenters. The first-order valence-corrected chi connectivity index (χ1v) is 6.08. The topological polar surface area (TPSA) is 43.4 Å². The predicted molar refractivity (Wildman–Crippen MR) is 47.3 cm³/mol. The molecule has 0 spiro atoms. The fraction of sp³-hybridized carbons (Fsp3) is 1.00. The second kappa shape index (κ2) is 3.34. The minimum atomic E-state index is -3.25. The van der Waals surface area contributed by atoms with Gasteiger partial charge in [-0.25, -0.2) is 0 Å². The van der Waals surface area contributed by atoms with Crippen LogP contribution in [0.3, 0.4) is 0 Å². The Morgan fingerprint density at radius 2 is 1.58 bits per heavy atom. The third-order valence-electron chi connectivity index (χ3n) is 2.55. The van der Waals surface area contributed by atoms with E-state index in [1.54, 1.807) is 0 Å². The van der Waals surface area contributed by atoms with Crippen molar-refractivity contribution in [3.63, 3.8) is 0 Å². The molecule has 72 valence electrons. The van der Waals surface area contributed by atoms with E-state index >= 15 is 0 Å². The monoisotopic (exact) mass is 192 g/mol. The van der Waals surface area contributed by atoms with Crippen LogP contribution >= 0.6 is 0 Å². The van der Waals surface area contributed by atoms with Gasteiger partial charge in [0.1, 0.15) is 0 Å². The van der Waals surface area contributed by atoms with Crippen LogP contribution in [0.2, 0.25) is 0 Å². The van der Waals surface area contributed by atoms with E-state index in [-0.39, 0.29) is 6.10 Å². The average Bonchev–Trinajstić information content (AvgIpc) is 2.07. The molecule has 12 heavy (non-hydrogen) atoms. The van der Waals surface area contributed by atoms with Gasteiger partial charge >= 0.3 is 0 Å². The third-order valence-corrected chi connectivity index (χ3v) is 3.17. The molecular weight excluding hydrogens is 176 g/mol. The van der Waals surface area contributed by atoms with Crippen molar-refractivity contribution in [3.8, 4) is 0 Å². The molecule has 0 saturated heterocycles. The molecule has 0 heterocycles. The number of hydrogen-bond acceptors (Lipinski definition) is 3. The zero-order valence-corrected chi connectivity index (χ0v) is 8.60. The Labute approximate surface area is 74.2 Å². The summed E-state index contributed by atoms with van der Waals surface area (Å²) in [5.41, 5.74) is 0. The molecule has 1 fully saturated rings. The highest BCUT2D eigenvalue weighted by Gasteiger charge is 2.30. The van der Waals surface area contributed by atoms with Gasteiger partial charge in [-0.15, -0.1) is 0 Å². The maximum absolute atomic E-state index is 10.8. The molecule has 3 atom stereocenters. The summed E-state index contributed by atoms with van der Waals surface area (Å²) in [7, 11) is -3.25. The van der Waals surface area contributed by atoms with Gasteiger partial charge < -0.3 is 0 Å². The summed E-state index contributed by atoms with van der Waals surface area (Å²) in [4.78, 5) is 0. The largest absolute Gasteiger partial charge is 0.267 e. The standard InChI is InChI=1S/C8H16O3S/c1-6-4-8(5-7(6)2)11-12(3,9)10/h6-8H,4-5H2,1-3H3/t6-,7+,8?.